The van der Waals surface area contributed by atoms with Gasteiger partial charge in [0, 0.05) is 53.2 Å². The van der Waals surface area contributed by atoms with Crippen LogP contribution in [-0.2, 0) is 9.59 Å². The van der Waals surface area contributed by atoms with E-state index >= 15 is 0 Å². The van der Waals surface area contributed by atoms with Gasteiger partial charge in [0.05, 0.1) is 21.0 Å². The number of halogens is 2. The van der Waals surface area contributed by atoms with Gasteiger partial charge in [-0.05, 0) is 43.0 Å². The van der Waals surface area contributed by atoms with E-state index < -0.39 is 29.3 Å². The smallest absolute Gasteiger partial charge is 0.326 e. The number of carbonyl (C=O) groups excluding carboxylic acids is 2. The molecular weight excluding hydrogens is 563 g/mol. The maximum atomic E-state index is 13.6. The molecule has 2 aromatic heterocycles. The van der Waals surface area contributed by atoms with Gasteiger partial charge in [-0.3, -0.25) is 19.6 Å². The number of aromatic nitrogens is 2. The first-order valence-electron chi connectivity index (χ1n) is 13.7. The number of allylic oxidation sites excluding steroid dienone is 2. The fourth-order valence-electron chi connectivity index (χ4n) is 6.06. The summed E-state index contributed by atoms with van der Waals surface area (Å²) >= 11 is 12.2. The quantitative estimate of drug-likeness (QED) is 0.258. The van der Waals surface area contributed by atoms with Crippen molar-refractivity contribution in [3.05, 3.63) is 93.6 Å². The third-order valence-corrected chi connectivity index (χ3v) is 8.71. The molecule has 0 radical (unpaired) electrons. The van der Waals surface area contributed by atoms with E-state index in [1.807, 2.05) is 13.0 Å². The van der Waals surface area contributed by atoms with Crippen LogP contribution >= 0.6 is 23.2 Å². The molecular formula is C31H30Cl2N4O4. The van der Waals surface area contributed by atoms with E-state index in [-0.39, 0.29) is 21.4 Å². The molecule has 41 heavy (non-hydrogen) atoms. The summed E-state index contributed by atoms with van der Waals surface area (Å²) in [6.07, 6.45) is 10.9. The summed E-state index contributed by atoms with van der Waals surface area (Å²) < 4.78 is 0. The zero-order chi connectivity index (χ0) is 29.1. The first-order valence-corrected chi connectivity index (χ1v) is 14.4. The summed E-state index contributed by atoms with van der Waals surface area (Å²) in [6.45, 7) is 1.93. The topological polar surface area (TPSA) is 121 Å². The number of carbonyl (C=O) groups is 3. The molecule has 3 N–H and O–H groups in total. The standard InChI is InChI=1S/C31H30Cl2N4O4/c1-2-21(18-8-10-20(11-9-18)36-29(39)25-22(32)16-35-17-23(25)33)26(30(40)41)37-27-24(19-7-6-14-34-15-19)28(38)31(27)12-4-3-5-13-31/h6-11,14-17,21,26,37H,2-5,12-13H2,1H3,(H,36,39)(H,40,41)/t21?,26-/m0/s1. The number of benzene rings is 1. The van der Waals surface area contributed by atoms with Crippen LogP contribution in [0.2, 0.25) is 10.0 Å². The SMILES string of the molecule is CCC(c1ccc(NC(=O)c2c(Cl)cncc2Cl)cc1)[C@H](NC1=C(c2cccnc2)C(=O)C12CCCCC2)C(=O)O. The summed E-state index contributed by atoms with van der Waals surface area (Å²) in [5.74, 6) is -1.81. The van der Waals surface area contributed by atoms with Gasteiger partial charge in [0.15, 0.2) is 5.78 Å². The summed E-state index contributed by atoms with van der Waals surface area (Å²) in [5.41, 5.74) is 2.70. The van der Waals surface area contributed by atoms with Crippen molar-refractivity contribution in [2.24, 2.45) is 5.41 Å². The Bertz CT molecular complexity index is 1480. The van der Waals surface area contributed by atoms with Crippen molar-refractivity contribution in [2.75, 3.05) is 5.32 Å². The number of nitrogens with one attached hydrogen (secondary N) is 2. The third-order valence-electron chi connectivity index (χ3n) is 8.13. The van der Waals surface area contributed by atoms with Crippen LogP contribution in [0.15, 0.2) is 66.9 Å². The Morgan fingerprint density at radius 1 is 1.00 bits per heavy atom. The highest BCUT2D eigenvalue weighted by atomic mass is 35.5. The molecule has 2 aliphatic carbocycles. The van der Waals surface area contributed by atoms with Gasteiger partial charge in [-0.25, -0.2) is 4.79 Å². The number of rotatable bonds is 9. The molecule has 3 aromatic rings. The molecule has 8 nitrogen and oxygen atoms in total. The molecule has 1 spiro atoms. The molecule has 10 heteroatoms. The fraction of sp³-hybridized carbons (Fsp3) is 0.323. The first kappa shape index (κ1) is 28.8. The minimum absolute atomic E-state index is 0.0689. The maximum Gasteiger partial charge on any atom is 0.326 e. The second-order valence-corrected chi connectivity index (χ2v) is 11.3. The van der Waals surface area contributed by atoms with Gasteiger partial charge in [0.2, 0.25) is 0 Å². The molecule has 1 amide bonds. The molecule has 2 aliphatic rings. The van der Waals surface area contributed by atoms with E-state index in [1.165, 1.54) is 12.4 Å². The number of carboxylic acids is 1. The number of carboxylic acid groups (broad SMARTS) is 1. The number of nitrogens with zero attached hydrogens (tertiary/aromatic N) is 2. The number of anilines is 1. The molecule has 0 saturated heterocycles. The van der Waals surface area contributed by atoms with E-state index in [0.29, 0.717) is 36.1 Å². The van der Waals surface area contributed by atoms with Gasteiger partial charge >= 0.3 is 5.97 Å². The highest BCUT2D eigenvalue weighted by Crippen LogP contribution is 2.55. The fourth-order valence-corrected chi connectivity index (χ4v) is 6.60. The normalized spacial score (nSPS) is 17.5. The molecule has 212 valence electrons. The minimum Gasteiger partial charge on any atom is -0.480 e. The minimum atomic E-state index is -1.00. The lowest BCUT2D eigenvalue weighted by molar-refractivity contribution is -0.140. The number of amides is 1. The van der Waals surface area contributed by atoms with Crippen molar-refractivity contribution in [2.45, 2.75) is 57.4 Å². The second kappa shape index (κ2) is 12.0. The largest absolute Gasteiger partial charge is 0.480 e. The predicted octanol–water partition coefficient (Wildman–Crippen LogP) is 6.52. The number of aliphatic carboxylic acids is 1. The number of ketones is 1. The van der Waals surface area contributed by atoms with Gasteiger partial charge in [0.1, 0.15) is 6.04 Å². The van der Waals surface area contributed by atoms with Crippen molar-refractivity contribution in [3.8, 4) is 0 Å². The van der Waals surface area contributed by atoms with Crippen LogP contribution in [0.4, 0.5) is 5.69 Å². The van der Waals surface area contributed by atoms with Crippen LogP contribution < -0.4 is 10.6 Å². The van der Waals surface area contributed by atoms with Gasteiger partial charge < -0.3 is 15.7 Å². The van der Waals surface area contributed by atoms with Gasteiger partial charge in [-0.2, -0.15) is 0 Å². The van der Waals surface area contributed by atoms with Crippen molar-refractivity contribution in [1.29, 1.82) is 0 Å². The van der Waals surface area contributed by atoms with E-state index in [4.69, 9.17) is 23.2 Å². The van der Waals surface area contributed by atoms with E-state index in [2.05, 4.69) is 20.6 Å². The van der Waals surface area contributed by atoms with Crippen LogP contribution in [-0.4, -0.2) is 38.8 Å². The van der Waals surface area contributed by atoms with Gasteiger partial charge in [-0.1, -0.05) is 67.6 Å². The van der Waals surface area contributed by atoms with E-state index in [9.17, 15) is 19.5 Å². The lowest BCUT2D eigenvalue weighted by Crippen LogP contribution is -2.54. The summed E-state index contributed by atoms with van der Waals surface area (Å²) in [7, 11) is 0. The summed E-state index contributed by atoms with van der Waals surface area (Å²) in [4.78, 5) is 47.1. The van der Waals surface area contributed by atoms with E-state index in [1.54, 1.807) is 42.7 Å². The zero-order valence-corrected chi connectivity index (χ0v) is 24.0. The Morgan fingerprint density at radius 2 is 1.68 bits per heavy atom. The zero-order valence-electron chi connectivity index (χ0n) is 22.5. The van der Waals surface area contributed by atoms with Crippen LogP contribution in [0.1, 0.15) is 72.9 Å². The number of pyridine rings is 2. The van der Waals surface area contributed by atoms with Crippen LogP contribution in [0.5, 0.6) is 0 Å². The highest BCUT2D eigenvalue weighted by molar-refractivity contribution is 6.40. The van der Waals surface area contributed by atoms with Crippen molar-refractivity contribution < 1.29 is 19.5 Å². The molecule has 0 aliphatic heterocycles. The molecule has 1 unspecified atom stereocenters. The van der Waals surface area contributed by atoms with Crippen molar-refractivity contribution >= 4 is 52.1 Å². The van der Waals surface area contributed by atoms with Crippen LogP contribution in [0.25, 0.3) is 5.57 Å². The lowest BCUT2D eigenvalue weighted by Gasteiger charge is -2.48. The number of Topliss-reactive ketones (excluding diaryl/α,β-unsaturated/α-hetero) is 1. The Kier molecular flexibility index (Phi) is 8.42. The molecule has 0 bridgehead atoms. The Labute approximate surface area is 248 Å². The predicted molar refractivity (Wildman–Crippen MR) is 158 cm³/mol. The van der Waals surface area contributed by atoms with Gasteiger partial charge in [0.25, 0.3) is 5.91 Å². The van der Waals surface area contributed by atoms with Crippen molar-refractivity contribution in [1.82, 2.24) is 15.3 Å². The average Bonchev–Trinajstić information content (AvgIpc) is 2.98. The average molecular weight is 594 g/mol. The molecule has 2 heterocycles. The second-order valence-electron chi connectivity index (χ2n) is 10.5. The Hall–Kier alpha value is -3.75. The first-order chi connectivity index (χ1) is 19.8. The molecule has 1 saturated carbocycles. The maximum absolute atomic E-state index is 13.6. The molecule has 1 aromatic carbocycles. The third kappa shape index (κ3) is 5.46. The summed E-state index contributed by atoms with van der Waals surface area (Å²) in [5, 5.41) is 16.8. The monoisotopic (exact) mass is 592 g/mol. The number of hydrogen-bond acceptors (Lipinski definition) is 6. The molecule has 1 fully saturated rings. The molecule has 5 rings (SSSR count). The molecule has 2 atom stereocenters. The lowest BCUT2D eigenvalue weighted by atomic mass is 9.57. The summed E-state index contributed by atoms with van der Waals surface area (Å²) in [6, 6.07) is 9.68. The van der Waals surface area contributed by atoms with Crippen molar-refractivity contribution in [3.63, 3.8) is 0 Å². The highest BCUT2D eigenvalue weighted by Gasteiger charge is 2.55. The Morgan fingerprint density at radius 3 is 2.27 bits per heavy atom. The van der Waals surface area contributed by atoms with Crippen LogP contribution in [0, 0.1) is 5.41 Å². The Balaban J connectivity index is 1.42. The van der Waals surface area contributed by atoms with E-state index in [0.717, 1.165) is 30.5 Å². The number of hydrogen-bond donors (Lipinski definition) is 3. The van der Waals surface area contributed by atoms with Gasteiger partial charge in [-0.15, -0.1) is 0 Å². The van der Waals surface area contributed by atoms with Crippen LogP contribution in [0.3, 0.4) is 0 Å².